The van der Waals surface area contributed by atoms with Gasteiger partial charge in [0.15, 0.2) is 0 Å². The smallest absolute Gasteiger partial charge is 0.244 e. The summed E-state index contributed by atoms with van der Waals surface area (Å²) in [6.07, 6.45) is 5.73. The van der Waals surface area contributed by atoms with Gasteiger partial charge in [-0.15, -0.1) is 0 Å². The molecule has 3 atom stereocenters. The van der Waals surface area contributed by atoms with E-state index < -0.39 is 23.9 Å². The van der Waals surface area contributed by atoms with Crippen LogP contribution < -0.4 is 16.0 Å². The minimum atomic E-state index is -0.872. The van der Waals surface area contributed by atoms with Crippen molar-refractivity contribution in [3.8, 4) is 0 Å². The van der Waals surface area contributed by atoms with Gasteiger partial charge in [-0.1, -0.05) is 60.7 Å². The Morgan fingerprint density at radius 1 is 1.03 bits per heavy atom. The van der Waals surface area contributed by atoms with Crippen molar-refractivity contribution in [2.24, 2.45) is 5.92 Å². The summed E-state index contributed by atoms with van der Waals surface area (Å²) < 4.78 is 0. The molecule has 7 nitrogen and oxygen atoms in total. The lowest BCUT2D eigenvalue weighted by molar-refractivity contribution is -0.130. The number of carbonyl (C=O) groups excluding carboxylic acids is 4. The van der Waals surface area contributed by atoms with Crippen LogP contribution in [0.3, 0.4) is 0 Å². The minimum absolute atomic E-state index is 0.0949. The highest BCUT2D eigenvalue weighted by atomic mass is 16.2. The predicted molar refractivity (Wildman–Crippen MR) is 126 cm³/mol. The number of carbonyl (C=O) groups is 4. The lowest BCUT2D eigenvalue weighted by Crippen LogP contribution is -2.51. The first-order valence-corrected chi connectivity index (χ1v) is 11.2. The molecule has 0 bridgehead atoms. The summed E-state index contributed by atoms with van der Waals surface area (Å²) in [7, 11) is 0. The number of nitrogens with one attached hydrogen (secondary N) is 3. The molecule has 7 heteroatoms. The molecule has 0 aliphatic carbocycles. The highest BCUT2D eigenvalue weighted by molar-refractivity contribution is 5.96. The van der Waals surface area contributed by atoms with E-state index in [2.05, 4.69) is 16.0 Å². The van der Waals surface area contributed by atoms with E-state index in [9.17, 15) is 19.2 Å². The third kappa shape index (κ3) is 7.71. The molecule has 0 unspecified atom stereocenters. The van der Waals surface area contributed by atoms with Crippen molar-refractivity contribution in [1.82, 2.24) is 16.0 Å². The molecule has 0 spiro atoms. The third-order valence-electron chi connectivity index (χ3n) is 5.57. The van der Waals surface area contributed by atoms with E-state index in [1.54, 1.807) is 6.08 Å². The van der Waals surface area contributed by atoms with E-state index in [4.69, 9.17) is 0 Å². The van der Waals surface area contributed by atoms with Crippen molar-refractivity contribution >= 4 is 30.1 Å². The van der Waals surface area contributed by atoms with Crippen molar-refractivity contribution < 1.29 is 19.2 Å². The van der Waals surface area contributed by atoms with Crippen molar-refractivity contribution in [1.29, 1.82) is 0 Å². The monoisotopic (exact) mass is 447 g/mol. The molecule has 1 fully saturated rings. The van der Waals surface area contributed by atoms with Gasteiger partial charge in [0.1, 0.15) is 12.3 Å². The standard InChI is InChI=1S/C26H29N3O4/c30-18-22(17-21-12-7-15-27-25(21)32)28-26(33)23(16-20-10-5-2-6-11-20)29-24(31)14-13-19-8-3-1-4-9-19/h1-6,8-11,13-14,18,21-23H,7,12,15-17H2,(H,27,32)(H,28,33)(H,29,31)/b14-13+/t21-,22-,23+/m1/s1. The van der Waals surface area contributed by atoms with Gasteiger partial charge in [-0.2, -0.15) is 0 Å². The van der Waals surface area contributed by atoms with E-state index in [-0.39, 0.29) is 24.7 Å². The molecule has 2 aromatic carbocycles. The van der Waals surface area contributed by atoms with Crippen molar-refractivity contribution in [2.75, 3.05) is 6.54 Å². The fourth-order valence-corrected chi connectivity index (χ4v) is 3.81. The zero-order valence-electron chi connectivity index (χ0n) is 18.4. The minimum Gasteiger partial charge on any atom is -0.356 e. The fourth-order valence-electron chi connectivity index (χ4n) is 3.81. The van der Waals surface area contributed by atoms with E-state index in [1.165, 1.54) is 6.08 Å². The number of piperidine rings is 1. The molecule has 0 saturated carbocycles. The van der Waals surface area contributed by atoms with Crippen LogP contribution in [0.25, 0.3) is 6.08 Å². The molecule has 1 heterocycles. The summed E-state index contributed by atoms with van der Waals surface area (Å²) in [5, 5.41) is 8.24. The van der Waals surface area contributed by atoms with Crippen molar-refractivity contribution in [3.63, 3.8) is 0 Å². The molecular formula is C26H29N3O4. The molecule has 172 valence electrons. The van der Waals surface area contributed by atoms with Gasteiger partial charge in [0.25, 0.3) is 0 Å². The molecule has 3 N–H and O–H groups in total. The van der Waals surface area contributed by atoms with E-state index in [0.717, 1.165) is 17.5 Å². The van der Waals surface area contributed by atoms with Crippen molar-refractivity contribution in [3.05, 3.63) is 77.9 Å². The Balaban J connectivity index is 1.67. The van der Waals surface area contributed by atoms with Crippen molar-refractivity contribution in [2.45, 2.75) is 37.8 Å². The Morgan fingerprint density at radius 3 is 2.39 bits per heavy atom. The van der Waals surface area contributed by atoms with E-state index >= 15 is 0 Å². The van der Waals surface area contributed by atoms with Gasteiger partial charge in [0.05, 0.1) is 6.04 Å². The van der Waals surface area contributed by atoms with Crippen LogP contribution in [0.5, 0.6) is 0 Å². The van der Waals surface area contributed by atoms with Gasteiger partial charge in [-0.25, -0.2) is 0 Å². The zero-order valence-corrected chi connectivity index (χ0v) is 18.4. The number of hydrogen-bond acceptors (Lipinski definition) is 4. The van der Waals surface area contributed by atoms with Gasteiger partial charge in [-0.05, 0) is 36.5 Å². The van der Waals surface area contributed by atoms with Crippen LogP contribution in [0.15, 0.2) is 66.7 Å². The first kappa shape index (κ1) is 23.9. The highest BCUT2D eigenvalue weighted by Crippen LogP contribution is 2.17. The Morgan fingerprint density at radius 2 is 1.73 bits per heavy atom. The van der Waals surface area contributed by atoms with Gasteiger partial charge in [0.2, 0.25) is 17.7 Å². The molecule has 3 rings (SSSR count). The fraction of sp³-hybridized carbons (Fsp3) is 0.308. The van der Waals surface area contributed by atoms with Crippen LogP contribution in [0, 0.1) is 5.92 Å². The topological polar surface area (TPSA) is 104 Å². The number of hydrogen-bond donors (Lipinski definition) is 3. The van der Waals surface area contributed by atoms with Crippen LogP contribution in [0.2, 0.25) is 0 Å². The van der Waals surface area contributed by atoms with Gasteiger partial charge < -0.3 is 20.7 Å². The lowest BCUT2D eigenvalue weighted by Gasteiger charge is -2.25. The number of amides is 3. The summed E-state index contributed by atoms with van der Waals surface area (Å²) in [6.45, 7) is 0.634. The molecule has 3 amide bonds. The third-order valence-corrected chi connectivity index (χ3v) is 5.57. The van der Waals surface area contributed by atoms with Crippen LogP contribution in [0.1, 0.15) is 30.4 Å². The molecule has 0 aromatic heterocycles. The maximum absolute atomic E-state index is 13.0. The number of aldehydes is 1. The quantitative estimate of drug-likeness (QED) is 0.383. The molecule has 2 aromatic rings. The van der Waals surface area contributed by atoms with Crippen LogP contribution >= 0.6 is 0 Å². The average Bonchev–Trinajstić information content (AvgIpc) is 2.84. The van der Waals surface area contributed by atoms with Gasteiger partial charge >= 0.3 is 0 Å². The Labute approximate surface area is 193 Å². The normalized spacial score (nSPS) is 17.6. The summed E-state index contributed by atoms with van der Waals surface area (Å²) in [5.41, 5.74) is 1.74. The molecule has 0 radical (unpaired) electrons. The zero-order chi connectivity index (χ0) is 23.5. The summed E-state index contributed by atoms with van der Waals surface area (Å²) in [5.74, 6) is -1.29. The van der Waals surface area contributed by atoms with Crippen LogP contribution in [-0.2, 0) is 25.6 Å². The molecule has 1 saturated heterocycles. The SMILES string of the molecule is O=C[C@@H](C[C@H]1CCCNC1=O)NC(=O)[C@H](Cc1ccccc1)NC(=O)/C=C/c1ccccc1. The molecular weight excluding hydrogens is 418 g/mol. The number of benzene rings is 2. The molecule has 33 heavy (non-hydrogen) atoms. The second-order valence-corrected chi connectivity index (χ2v) is 8.11. The maximum atomic E-state index is 13.0. The summed E-state index contributed by atoms with van der Waals surface area (Å²) in [4.78, 5) is 49.3. The van der Waals surface area contributed by atoms with E-state index in [0.29, 0.717) is 19.3 Å². The van der Waals surface area contributed by atoms with Crippen LogP contribution in [-0.4, -0.2) is 42.6 Å². The summed E-state index contributed by atoms with van der Waals surface area (Å²) >= 11 is 0. The maximum Gasteiger partial charge on any atom is 0.244 e. The Kier molecular flexibility index (Phi) is 8.94. The Hall–Kier alpha value is -3.74. The highest BCUT2D eigenvalue weighted by Gasteiger charge is 2.28. The Bertz CT molecular complexity index is 976. The largest absolute Gasteiger partial charge is 0.356 e. The van der Waals surface area contributed by atoms with E-state index in [1.807, 2.05) is 60.7 Å². The second kappa shape index (κ2) is 12.3. The van der Waals surface area contributed by atoms with Gasteiger partial charge in [-0.3, -0.25) is 14.4 Å². The predicted octanol–water partition coefficient (Wildman–Crippen LogP) is 2.03. The first-order chi connectivity index (χ1) is 16.0. The lowest BCUT2D eigenvalue weighted by atomic mass is 9.92. The first-order valence-electron chi connectivity index (χ1n) is 11.2. The average molecular weight is 448 g/mol. The molecule has 1 aliphatic rings. The number of rotatable bonds is 10. The second-order valence-electron chi connectivity index (χ2n) is 8.11. The molecule has 1 aliphatic heterocycles. The van der Waals surface area contributed by atoms with Crippen LogP contribution in [0.4, 0.5) is 0 Å². The van der Waals surface area contributed by atoms with Gasteiger partial charge in [0, 0.05) is 25.0 Å². The summed E-state index contributed by atoms with van der Waals surface area (Å²) in [6, 6.07) is 17.0.